The van der Waals surface area contributed by atoms with Crippen LogP contribution in [0.1, 0.15) is 28.8 Å². The molecule has 2 aliphatic rings. The molecule has 1 amide bonds. The summed E-state index contributed by atoms with van der Waals surface area (Å²) >= 11 is 0. The van der Waals surface area contributed by atoms with Crippen molar-refractivity contribution in [3.05, 3.63) is 29.3 Å². The highest BCUT2D eigenvalue weighted by molar-refractivity contribution is 5.97. The van der Waals surface area contributed by atoms with Crippen LogP contribution < -0.4 is 15.8 Å². The fourth-order valence-corrected chi connectivity index (χ4v) is 3.35. The molecule has 1 aromatic rings. The summed E-state index contributed by atoms with van der Waals surface area (Å²) < 4.78 is 11.0. The van der Waals surface area contributed by atoms with Gasteiger partial charge in [0.25, 0.3) is 5.91 Å². The second kappa shape index (κ2) is 5.66. The average Bonchev–Trinajstić information content (AvgIpc) is 2.51. The minimum Gasteiger partial charge on any atom is -0.496 e. The summed E-state index contributed by atoms with van der Waals surface area (Å²) in [6.07, 6.45) is 2.21. The molecule has 0 aromatic heterocycles. The molecular weight excluding hydrogens is 268 g/mol. The molecule has 1 aliphatic carbocycles. The number of carbonyl (C=O) groups is 1. The van der Waals surface area contributed by atoms with Crippen molar-refractivity contribution in [1.29, 1.82) is 0 Å². The molecule has 21 heavy (non-hydrogen) atoms. The molecule has 1 aromatic carbocycles. The van der Waals surface area contributed by atoms with E-state index in [1.807, 2.05) is 25.1 Å². The molecule has 0 bridgehead atoms. The lowest BCUT2D eigenvalue weighted by Crippen LogP contribution is -2.72. The quantitative estimate of drug-likeness (QED) is 0.878. The number of hydrogen-bond donors (Lipinski definition) is 2. The van der Waals surface area contributed by atoms with Crippen molar-refractivity contribution < 1.29 is 14.3 Å². The molecule has 2 fully saturated rings. The van der Waals surface area contributed by atoms with Gasteiger partial charge < -0.3 is 20.5 Å². The van der Waals surface area contributed by atoms with Crippen molar-refractivity contribution in [3.63, 3.8) is 0 Å². The number of methoxy groups -OCH3 is 1. The average molecular weight is 290 g/mol. The third-order valence-electron chi connectivity index (χ3n) is 4.57. The van der Waals surface area contributed by atoms with Gasteiger partial charge >= 0.3 is 0 Å². The highest BCUT2D eigenvalue weighted by Gasteiger charge is 2.51. The Bertz CT molecular complexity index is 546. The maximum atomic E-state index is 12.5. The number of hydrogen-bond acceptors (Lipinski definition) is 4. The van der Waals surface area contributed by atoms with Gasteiger partial charge in [-0.2, -0.15) is 0 Å². The van der Waals surface area contributed by atoms with Crippen LogP contribution in [0.25, 0.3) is 0 Å². The van der Waals surface area contributed by atoms with Gasteiger partial charge in [0.15, 0.2) is 0 Å². The lowest BCUT2D eigenvalue weighted by molar-refractivity contribution is -0.117. The van der Waals surface area contributed by atoms with Gasteiger partial charge in [-0.25, -0.2) is 0 Å². The van der Waals surface area contributed by atoms with Crippen LogP contribution in [0.5, 0.6) is 5.75 Å². The maximum Gasteiger partial charge on any atom is 0.255 e. The largest absolute Gasteiger partial charge is 0.496 e. The van der Waals surface area contributed by atoms with Gasteiger partial charge in [-0.3, -0.25) is 4.79 Å². The van der Waals surface area contributed by atoms with Crippen LogP contribution in [-0.2, 0) is 4.74 Å². The number of carbonyl (C=O) groups excluding carboxylic acids is 1. The van der Waals surface area contributed by atoms with Crippen LogP contribution in [-0.4, -0.2) is 37.8 Å². The SMILES string of the molecule is COc1ccc(C)cc1C(=O)NC1C(N)C2CCCOC21. The molecule has 3 N–H and O–H groups in total. The van der Waals surface area contributed by atoms with E-state index in [9.17, 15) is 4.79 Å². The number of amides is 1. The Labute approximate surface area is 124 Å². The molecule has 1 saturated carbocycles. The van der Waals surface area contributed by atoms with Crippen LogP contribution in [0.15, 0.2) is 18.2 Å². The van der Waals surface area contributed by atoms with E-state index in [2.05, 4.69) is 5.32 Å². The van der Waals surface area contributed by atoms with Crippen LogP contribution >= 0.6 is 0 Å². The Balaban J connectivity index is 1.73. The predicted molar refractivity (Wildman–Crippen MR) is 79.4 cm³/mol. The predicted octanol–water partition coefficient (Wildman–Crippen LogP) is 1.24. The normalized spacial score (nSPS) is 31.0. The number of benzene rings is 1. The molecule has 114 valence electrons. The van der Waals surface area contributed by atoms with E-state index in [0.29, 0.717) is 17.2 Å². The molecule has 1 aliphatic heterocycles. The van der Waals surface area contributed by atoms with E-state index in [1.54, 1.807) is 7.11 Å². The van der Waals surface area contributed by atoms with Crippen molar-refractivity contribution in [2.75, 3.05) is 13.7 Å². The van der Waals surface area contributed by atoms with Gasteiger partial charge in [-0.15, -0.1) is 0 Å². The Kier molecular flexibility index (Phi) is 3.87. The van der Waals surface area contributed by atoms with Crippen molar-refractivity contribution in [2.24, 2.45) is 11.7 Å². The summed E-state index contributed by atoms with van der Waals surface area (Å²) in [4.78, 5) is 12.5. The number of nitrogens with one attached hydrogen (secondary N) is 1. The van der Waals surface area contributed by atoms with Gasteiger partial charge in [0, 0.05) is 18.6 Å². The van der Waals surface area contributed by atoms with Gasteiger partial charge in [0.05, 0.1) is 24.8 Å². The Hall–Kier alpha value is -1.59. The second-order valence-corrected chi connectivity index (χ2v) is 5.92. The zero-order valence-corrected chi connectivity index (χ0v) is 12.5. The summed E-state index contributed by atoms with van der Waals surface area (Å²) in [5.74, 6) is 0.805. The molecule has 0 radical (unpaired) electrons. The first-order chi connectivity index (χ1) is 10.1. The molecule has 4 unspecified atom stereocenters. The summed E-state index contributed by atoms with van der Waals surface area (Å²) in [5.41, 5.74) is 7.74. The summed E-state index contributed by atoms with van der Waals surface area (Å²) in [7, 11) is 1.57. The van der Waals surface area contributed by atoms with Crippen LogP contribution in [0.4, 0.5) is 0 Å². The fraction of sp³-hybridized carbons (Fsp3) is 0.562. The third kappa shape index (κ3) is 2.51. The molecule has 5 heteroatoms. The van der Waals surface area contributed by atoms with Crippen LogP contribution in [0, 0.1) is 12.8 Å². The minimum atomic E-state index is -0.149. The Morgan fingerprint density at radius 1 is 1.48 bits per heavy atom. The van der Waals surface area contributed by atoms with Crippen LogP contribution in [0.2, 0.25) is 0 Å². The van der Waals surface area contributed by atoms with Crippen molar-refractivity contribution >= 4 is 5.91 Å². The van der Waals surface area contributed by atoms with E-state index in [1.165, 1.54) is 0 Å². The zero-order valence-electron chi connectivity index (χ0n) is 12.5. The van der Waals surface area contributed by atoms with Crippen LogP contribution in [0.3, 0.4) is 0 Å². The van der Waals surface area contributed by atoms with E-state index in [-0.39, 0.29) is 24.1 Å². The highest BCUT2D eigenvalue weighted by atomic mass is 16.5. The van der Waals surface area contributed by atoms with Crippen molar-refractivity contribution in [2.45, 2.75) is 38.0 Å². The van der Waals surface area contributed by atoms with Gasteiger partial charge in [0.1, 0.15) is 5.75 Å². The first kappa shape index (κ1) is 14.4. The summed E-state index contributed by atoms with van der Waals surface area (Å²) in [6.45, 7) is 2.71. The highest BCUT2D eigenvalue weighted by Crippen LogP contribution is 2.37. The van der Waals surface area contributed by atoms with Gasteiger partial charge in [0.2, 0.25) is 0 Å². The van der Waals surface area contributed by atoms with Crippen molar-refractivity contribution in [3.8, 4) is 5.75 Å². The summed E-state index contributed by atoms with van der Waals surface area (Å²) in [6, 6.07) is 5.44. The Morgan fingerprint density at radius 3 is 3.05 bits per heavy atom. The molecule has 5 nitrogen and oxygen atoms in total. The molecule has 4 atom stereocenters. The number of rotatable bonds is 3. The molecule has 1 heterocycles. The number of aryl methyl sites for hydroxylation is 1. The third-order valence-corrected chi connectivity index (χ3v) is 4.57. The number of nitrogens with two attached hydrogens (primary N) is 1. The topological polar surface area (TPSA) is 73.6 Å². The number of ether oxygens (including phenoxy) is 2. The summed E-state index contributed by atoms with van der Waals surface area (Å²) in [5, 5.41) is 3.01. The van der Waals surface area contributed by atoms with E-state index in [0.717, 1.165) is 25.0 Å². The van der Waals surface area contributed by atoms with E-state index < -0.39 is 0 Å². The first-order valence-corrected chi connectivity index (χ1v) is 7.44. The van der Waals surface area contributed by atoms with Gasteiger partial charge in [-0.05, 0) is 31.9 Å². The number of fused-ring (bicyclic) bond motifs is 1. The minimum absolute atomic E-state index is 0.0185. The van der Waals surface area contributed by atoms with E-state index in [4.69, 9.17) is 15.2 Å². The second-order valence-electron chi connectivity index (χ2n) is 5.92. The lowest BCUT2D eigenvalue weighted by Gasteiger charge is -2.52. The first-order valence-electron chi connectivity index (χ1n) is 7.44. The fourth-order valence-electron chi connectivity index (χ4n) is 3.35. The van der Waals surface area contributed by atoms with Gasteiger partial charge in [-0.1, -0.05) is 11.6 Å². The lowest BCUT2D eigenvalue weighted by atomic mass is 9.68. The monoisotopic (exact) mass is 290 g/mol. The molecule has 1 saturated heterocycles. The molecule has 3 rings (SSSR count). The smallest absolute Gasteiger partial charge is 0.255 e. The van der Waals surface area contributed by atoms with E-state index >= 15 is 0 Å². The molecule has 0 spiro atoms. The standard InChI is InChI=1S/C16H22N2O3/c1-9-5-6-12(20-2)11(8-9)16(19)18-14-13(17)10-4-3-7-21-15(10)14/h5-6,8,10,13-15H,3-4,7,17H2,1-2H3,(H,18,19). The molecular formula is C16H22N2O3. The Morgan fingerprint density at radius 2 is 2.29 bits per heavy atom. The van der Waals surface area contributed by atoms with Crippen molar-refractivity contribution in [1.82, 2.24) is 5.32 Å². The zero-order chi connectivity index (χ0) is 15.0. The maximum absolute atomic E-state index is 12.5.